The molecule has 18 heavy (non-hydrogen) atoms. The van der Waals surface area contributed by atoms with Gasteiger partial charge in [-0.25, -0.2) is 9.59 Å². The summed E-state index contributed by atoms with van der Waals surface area (Å²) in [5.74, 6) is -2.51. The molecule has 0 atom stereocenters. The number of aliphatic carboxylic acids is 2. The second-order valence-electron chi connectivity index (χ2n) is 2.56. The minimum atomic E-state index is -1.26. The van der Waals surface area contributed by atoms with Crippen LogP contribution in [0.1, 0.15) is 0 Å². The Kier molecular flexibility index (Phi) is 14.2. The molecule has 0 radical (unpaired) electrons. The van der Waals surface area contributed by atoms with Crippen molar-refractivity contribution in [1.29, 1.82) is 0 Å². The molecule has 0 fully saturated rings. The molecule has 0 amide bonds. The lowest BCUT2D eigenvalue weighted by molar-refractivity contribution is -0.356. The molecule has 0 bridgehead atoms. The zero-order valence-electron chi connectivity index (χ0n) is 9.85. The van der Waals surface area contributed by atoms with E-state index in [4.69, 9.17) is 30.1 Å². The minimum absolute atomic E-state index is 0.0488. The molecule has 0 aromatic carbocycles. The summed E-state index contributed by atoms with van der Waals surface area (Å²) in [6, 6.07) is 0. The number of nitrogens with zero attached hydrogens (tertiary/aromatic N) is 1. The van der Waals surface area contributed by atoms with E-state index >= 15 is 0 Å². The Morgan fingerprint density at radius 2 is 1.33 bits per heavy atom. The zero-order valence-corrected chi connectivity index (χ0v) is 9.85. The van der Waals surface area contributed by atoms with Crippen LogP contribution in [0.2, 0.25) is 0 Å². The van der Waals surface area contributed by atoms with E-state index in [9.17, 15) is 9.59 Å². The first-order chi connectivity index (χ1) is 8.43. The second-order valence-corrected chi connectivity index (χ2v) is 2.56. The first-order valence-electron chi connectivity index (χ1n) is 4.79. The van der Waals surface area contributed by atoms with E-state index < -0.39 is 11.9 Å². The molecular formula is C9H17NO8. The lowest BCUT2D eigenvalue weighted by atomic mass is 10.5. The molecule has 0 saturated heterocycles. The molecule has 0 aliphatic carbocycles. The Bertz CT molecular complexity index is 231. The predicted molar refractivity (Wildman–Crippen MR) is 58.3 cm³/mol. The van der Waals surface area contributed by atoms with Crippen molar-refractivity contribution in [2.75, 3.05) is 33.5 Å². The van der Waals surface area contributed by atoms with Crippen molar-refractivity contribution in [3.8, 4) is 0 Å². The molecule has 0 unspecified atom stereocenters. The molecular weight excluding hydrogens is 250 g/mol. The van der Waals surface area contributed by atoms with Crippen molar-refractivity contribution in [1.82, 2.24) is 5.23 Å². The van der Waals surface area contributed by atoms with E-state index in [2.05, 4.69) is 0 Å². The standard InChI is InChI=1S/C5H13NO4.C4H4O4/c1-6(9-4-2-7)10-5-3-8;5-3(6)1-2-4(7)8/h7-8H,2-5H2,1H3;1-2H,(H,5,6)(H,7,8)/b;2-1-. The Morgan fingerprint density at radius 3 is 1.56 bits per heavy atom. The van der Waals surface area contributed by atoms with Crippen LogP contribution < -0.4 is 0 Å². The van der Waals surface area contributed by atoms with Gasteiger partial charge in [-0.15, -0.1) is 0 Å². The molecule has 0 aliphatic rings. The van der Waals surface area contributed by atoms with Gasteiger partial charge in [0.05, 0.1) is 26.4 Å². The van der Waals surface area contributed by atoms with Gasteiger partial charge in [-0.1, -0.05) is 5.23 Å². The Labute approximate surface area is 103 Å². The minimum Gasteiger partial charge on any atom is -0.478 e. The fourth-order valence-electron chi connectivity index (χ4n) is 0.519. The van der Waals surface area contributed by atoms with Gasteiger partial charge in [0.2, 0.25) is 0 Å². The van der Waals surface area contributed by atoms with E-state index in [1.807, 2.05) is 0 Å². The molecule has 0 rings (SSSR count). The van der Waals surface area contributed by atoms with Crippen LogP contribution in [0.25, 0.3) is 0 Å². The van der Waals surface area contributed by atoms with E-state index in [1.165, 1.54) is 0 Å². The van der Waals surface area contributed by atoms with Crippen LogP contribution in [-0.4, -0.2) is 71.1 Å². The van der Waals surface area contributed by atoms with Crippen molar-refractivity contribution >= 4 is 11.9 Å². The number of hydrogen-bond donors (Lipinski definition) is 4. The second kappa shape index (κ2) is 13.5. The normalized spacial score (nSPS) is 10.2. The summed E-state index contributed by atoms with van der Waals surface area (Å²) in [4.78, 5) is 28.6. The third kappa shape index (κ3) is 20.0. The third-order valence-electron chi connectivity index (χ3n) is 1.10. The van der Waals surface area contributed by atoms with Crippen molar-refractivity contribution in [2.45, 2.75) is 0 Å². The number of rotatable bonds is 8. The van der Waals surface area contributed by atoms with Gasteiger partial charge in [-0.05, 0) is 0 Å². The van der Waals surface area contributed by atoms with Crippen LogP contribution in [0.15, 0.2) is 12.2 Å². The van der Waals surface area contributed by atoms with E-state index in [-0.39, 0.29) is 26.4 Å². The topological polar surface area (TPSA) is 137 Å². The van der Waals surface area contributed by atoms with Crippen LogP contribution in [0.3, 0.4) is 0 Å². The summed E-state index contributed by atoms with van der Waals surface area (Å²) in [7, 11) is 1.55. The average molecular weight is 267 g/mol. The molecule has 0 saturated carbocycles. The highest BCUT2D eigenvalue weighted by molar-refractivity contribution is 5.89. The SMILES string of the molecule is CN(OCCO)OCCO.O=C(O)/C=C\C(=O)O. The largest absolute Gasteiger partial charge is 0.478 e. The van der Waals surface area contributed by atoms with Crippen molar-refractivity contribution in [3.63, 3.8) is 0 Å². The molecule has 9 nitrogen and oxygen atoms in total. The fourth-order valence-corrected chi connectivity index (χ4v) is 0.519. The molecule has 9 heteroatoms. The number of hydrogen-bond acceptors (Lipinski definition) is 7. The summed E-state index contributed by atoms with van der Waals surface area (Å²) in [6.45, 7) is 0.295. The van der Waals surface area contributed by atoms with Crippen LogP contribution in [0.5, 0.6) is 0 Å². The van der Waals surface area contributed by atoms with Gasteiger partial charge in [0.15, 0.2) is 0 Å². The highest BCUT2D eigenvalue weighted by Gasteiger charge is 1.95. The maximum Gasteiger partial charge on any atom is 0.328 e. The highest BCUT2D eigenvalue weighted by atomic mass is 16.9. The summed E-state index contributed by atoms with van der Waals surface area (Å²) in [6.07, 6.45) is 1.12. The van der Waals surface area contributed by atoms with Gasteiger partial charge < -0.3 is 20.4 Å². The number of hydroxylamine groups is 2. The smallest absolute Gasteiger partial charge is 0.328 e. The molecule has 0 aliphatic heterocycles. The summed E-state index contributed by atoms with van der Waals surface area (Å²) in [5.41, 5.74) is 0. The fraction of sp³-hybridized carbons (Fsp3) is 0.556. The number of carboxylic acid groups (broad SMARTS) is 2. The molecule has 0 spiro atoms. The molecule has 0 aromatic heterocycles. The van der Waals surface area contributed by atoms with Crippen molar-refractivity contribution < 1.29 is 39.7 Å². The number of aliphatic hydroxyl groups is 2. The number of carbonyl (C=O) groups is 2. The Morgan fingerprint density at radius 1 is 1.00 bits per heavy atom. The predicted octanol–water partition coefficient (Wildman–Crippen LogP) is -1.52. The number of carboxylic acids is 2. The van der Waals surface area contributed by atoms with Gasteiger partial charge >= 0.3 is 11.9 Å². The monoisotopic (exact) mass is 267 g/mol. The lowest BCUT2D eigenvalue weighted by Crippen LogP contribution is -2.22. The van der Waals surface area contributed by atoms with Crippen LogP contribution in [0, 0.1) is 0 Å². The maximum atomic E-state index is 9.55. The van der Waals surface area contributed by atoms with Crippen LogP contribution in [0.4, 0.5) is 0 Å². The lowest BCUT2D eigenvalue weighted by Gasteiger charge is -2.13. The van der Waals surface area contributed by atoms with E-state index in [0.717, 1.165) is 5.23 Å². The van der Waals surface area contributed by atoms with Gasteiger partial charge in [0.1, 0.15) is 0 Å². The van der Waals surface area contributed by atoms with E-state index in [0.29, 0.717) is 12.2 Å². The van der Waals surface area contributed by atoms with Gasteiger partial charge in [-0.2, -0.15) is 0 Å². The summed E-state index contributed by atoms with van der Waals surface area (Å²) >= 11 is 0. The molecule has 4 N–H and O–H groups in total. The zero-order chi connectivity index (χ0) is 14.4. The van der Waals surface area contributed by atoms with Gasteiger partial charge in [0.25, 0.3) is 0 Å². The quantitative estimate of drug-likeness (QED) is 0.305. The summed E-state index contributed by atoms with van der Waals surface area (Å²) in [5, 5.41) is 33.3. The van der Waals surface area contributed by atoms with Gasteiger partial charge in [0, 0.05) is 19.2 Å². The average Bonchev–Trinajstić information content (AvgIpc) is 2.32. The first-order valence-corrected chi connectivity index (χ1v) is 4.79. The van der Waals surface area contributed by atoms with Crippen molar-refractivity contribution in [3.05, 3.63) is 12.2 Å². The molecule has 106 valence electrons. The van der Waals surface area contributed by atoms with Crippen molar-refractivity contribution in [2.24, 2.45) is 0 Å². The maximum absolute atomic E-state index is 9.55. The van der Waals surface area contributed by atoms with Crippen LogP contribution >= 0.6 is 0 Å². The molecule has 0 aromatic rings. The molecule has 0 heterocycles. The summed E-state index contributed by atoms with van der Waals surface area (Å²) < 4.78 is 0. The first kappa shape index (κ1) is 18.8. The Hall–Kier alpha value is -1.52. The van der Waals surface area contributed by atoms with Gasteiger partial charge in [-0.3, -0.25) is 9.68 Å². The van der Waals surface area contributed by atoms with Crippen LogP contribution in [-0.2, 0) is 19.3 Å². The Balaban J connectivity index is 0. The number of aliphatic hydroxyl groups excluding tert-OH is 2. The highest BCUT2D eigenvalue weighted by Crippen LogP contribution is 1.85. The third-order valence-corrected chi connectivity index (χ3v) is 1.10. The van der Waals surface area contributed by atoms with E-state index in [1.54, 1.807) is 7.05 Å².